The summed E-state index contributed by atoms with van der Waals surface area (Å²) in [5, 5.41) is 6.23. The van der Waals surface area contributed by atoms with Crippen LogP contribution in [0.4, 0.5) is 23.7 Å². The minimum atomic E-state index is -4.67. The molecule has 2 amide bonds. The summed E-state index contributed by atoms with van der Waals surface area (Å²) >= 11 is 0. The molecule has 1 aliphatic heterocycles. The number of likely N-dealkylation sites (tertiary alicyclic amines) is 1. The molecule has 9 heteroatoms. The third-order valence-corrected chi connectivity index (χ3v) is 6.49. The van der Waals surface area contributed by atoms with Crippen molar-refractivity contribution in [2.45, 2.75) is 25.4 Å². The fraction of sp³-hybridized carbons (Fsp3) is 0.526. The van der Waals surface area contributed by atoms with E-state index in [1.54, 1.807) is 24.3 Å². The van der Waals surface area contributed by atoms with Gasteiger partial charge >= 0.3 is 18.1 Å². The summed E-state index contributed by atoms with van der Waals surface area (Å²) in [7, 11) is 0. The highest BCUT2D eigenvalue weighted by molar-refractivity contribution is 5.89. The molecular formula is C19H19F3N4O2. The Kier molecular flexibility index (Phi) is 3.89. The van der Waals surface area contributed by atoms with Crippen LogP contribution in [0.15, 0.2) is 28.8 Å². The molecule has 2 aromatic rings. The molecule has 5 rings (SSSR count). The van der Waals surface area contributed by atoms with Crippen LogP contribution in [0.3, 0.4) is 0 Å². The second kappa shape index (κ2) is 6.22. The van der Waals surface area contributed by atoms with Gasteiger partial charge in [0.25, 0.3) is 0 Å². The Hall–Kier alpha value is -2.58. The van der Waals surface area contributed by atoms with Crippen LogP contribution in [0.1, 0.15) is 25.2 Å². The quantitative estimate of drug-likeness (QED) is 0.829. The minimum absolute atomic E-state index is 0.125. The van der Waals surface area contributed by atoms with Gasteiger partial charge in [-0.1, -0.05) is 5.16 Å². The van der Waals surface area contributed by atoms with E-state index in [-0.39, 0.29) is 11.9 Å². The Morgan fingerprint density at radius 1 is 1.11 bits per heavy atom. The molecule has 1 aromatic heterocycles. The van der Waals surface area contributed by atoms with E-state index >= 15 is 0 Å². The van der Waals surface area contributed by atoms with Crippen molar-refractivity contribution in [3.05, 3.63) is 30.2 Å². The number of carbonyl (C=O) groups excluding carboxylic acids is 1. The highest BCUT2D eigenvalue weighted by Gasteiger charge is 2.52. The number of alkyl halides is 3. The summed E-state index contributed by atoms with van der Waals surface area (Å²) < 4.78 is 41.9. The molecule has 0 spiro atoms. The number of amides is 2. The van der Waals surface area contributed by atoms with Gasteiger partial charge in [-0.3, -0.25) is 0 Å². The number of benzene rings is 1. The smallest absolute Gasteiger partial charge is 0.329 e. The van der Waals surface area contributed by atoms with E-state index in [1.165, 1.54) is 19.3 Å². The van der Waals surface area contributed by atoms with Gasteiger partial charge in [0.05, 0.1) is 0 Å². The van der Waals surface area contributed by atoms with Crippen LogP contribution in [-0.2, 0) is 6.18 Å². The van der Waals surface area contributed by atoms with Gasteiger partial charge in [-0.05, 0) is 67.2 Å². The van der Waals surface area contributed by atoms with Crippen LogP contribution in [0.5, 0.6) is 0 Å². The standard InChI is InChI=1S/C19H19F3N4O2/c20-19(21,22)17-24-16(25-28-17)10-3-5-13(6-4-10)23-18(27)26-8-14-11-1-2-12(7-11)15(14)9-26/h3-6,11-12,14-15H,1-2,7-9H2,(H,23,27). The summed E-state index contributed by atoms with van der Waals surface area (Å²) in [6, 6.07) is 6.23. The first-order valence-electron chi connectivity index (χ1n) is 9.46. The number of hydrogen-bond acceptors (Lipinski definition) is 4. The summed E-state index contributed by atoms with van der Waals surface area (Å²) in [4.78, 5) is 17.8. The Morgan fingerprint density at radius 3 is 2.32 bits per heavy atom. The van der Waals surface area contributed by atoms with Crippen molar-refractivity contribution in [1.82, 2.24) is 15.0 Å². The van der Waals surface area contributed by atoms with Gasteiger partial charge < -0.3 is 14.7 Å². The summed E-state index contributed by atoms with van der Waals surface area (Å²) in [5.41, 5.74) is 0.956. The number of urea groups is 1. The lowest BCUT2D eigenvalue weighted by Gasteiger charge is -2.22. The third-order valence-electron chi connectivity index (χ3n) is 6.49. The van der Waals surface area contributed by atoms with Gasteiger partial charge in [-0.2, -0.15) is 18.2 Å². The SMILES string of the molecule is O=C(Nc1ccc(-c2noc(C(F)(F)F)n2)cc1)N1CC2C3CCC(C3)C2C1. The van der Waals surface area contributed by atoms with Crippen molar-refractivity contribution < 1.29 is 22.5 Å². The maximum Gasteiger partial charge on any atom is 0.471 e. The number of anilines is 1. The van der Waals surface area contributed by atoms with E-state index in [0.29, 0.717) is 23.1 Å². The van der Waals surface area contributed by atoms with Gasteiger partial charge in [0.1, 0.15) is 0 Å². The predicted octanol–water partition coefficient (Wildman–Crippen LogP) is 4.27. The average molecular weight is 392 g/mol. The number of nitrogens with one attached hydrogen (secondary N) is 1. The zero-order valence-corrected chi connectivity index (χ0v) is 14.9. The Labute approximate surface area is 159 Å². The molecule has 6 nitrogen and oxygen atoms in total. The fourth-order valence-corrected chi connectivity index (χ4v) is 5.21. The molecule has 0 radical (unpaired) electrons. The van der Waals surface area contributed by atoms with Crippen LogP contribution >= 0.6 is 0 Å². The number of hydrogen-bond donors (Lipinski definition) is 1. The molecular weight excluding hydrogens is 373 g/mol. The summed E-state index contributed by atoms with van der Waals surface area (Å²) in [6.07, 6.45) is -0.741. The topological polar surface area (TPSA) is 71.3 Å². The van der Waals surface area contributed by atoms with E-state index in [0.717, 1.165) is 24.9 Å². The number of nitrogens with zero attached hydrogens (tertiary/aromatic N) is 3. The number of carbonyl (C=O) groups is 1. The molecule has 3 fully saturated rings. The molecule has 4 atom stereocenters. The zero-order chi connectivity index (χ0) is 19.5. The second-order valence-corrected chi connectivity index (χ2v) is 7.99. The van der Waals surface area contributed by atoms with Crippen LogP contribution in [0.25, 0.3) is 11.4 Å². The number of halogens is 3. The highest BCUT2D eigenvalue weighted by atomic mass is 19.4. The number of rotatable bonds is 2. The maximum atomic E-state index is 12.6. The van der Waals surface area contributed by atoms with Crippen molar-refractivity contribution in [2.75, 3.05) is 18.4 Å². The van der Waals surface area contributed by atoms with Gasteiger partial charge in [-0.15, -0.1) is 0 Å². The molecule has 2 aliphatic carbocycles. The van der Waals surface area contributed by atoms with Crippen molar-refractivity contribution in [3.8, 4) is 11.4 Å². The van der Waals surface area contributed by atoms with E-state index in [1.807, 2.05) is 4.90 Å². The first kappa shape index (κ1) is 17.5. The largest absolute Gasteiger partial charge is 0.471 e. The van der Waals surface area contributed by atoms with Gasteiger partial charge in [0.2, 0.25) is 5.82 Å². The molecule has 2 bridgehead atoms. The van der Waals surface area contributed by atoms with Crippen LogP contribution in [-0.4, -0.2) is 34.2 Å². The van der Waals surface area contributed by atoms with Gasteiger partial charge in [0.15, 0.2) is 0 Å². The number of fused-ring (bicyclic) bond motifs is 5. The lowest BCUT2D eigenvalue weighted by Crippen LogP contribution is -2.34. The minimum Gasteiger partial charge on any atom is -0.329 e. The predicted molar refractivity (Wildman–Crippen MR) is 93.1 cm³/mol. The monoisotopic (exact) mass is 392 g/mol. The summed E-state index contributed by atoms with van der Waals surface area (Å²) in [6.45, 7) is 1.64. The van der Waals surface area contributed by atoms with Crippen molar-refractivity contribution in [1.29, 1.82) is 0 Å². The maximum absolute atomic E-state index is 12.6. The molecule has 2 heterocycles. The molecule has 148 valence electrons. The molecule has 28 heavy (non-hydrogen) atoms. The Morgan fingerprint density at radius 2 is 1.75 bits per heavy atom. The van der Waals surface area contributed by atoms with E-state index in [4.69, 9.17) is 0 Å². The lowest BCUT2D eigenvalue weighted by molar-refractivity contribution is -0.159. The van der Waals surface area contributed by atoms with Crippen molar-refractivity contribution in [2.24, 2.45) is 23.7 Å². The molecule has 4 unspecified atom stereocenters. The van der Waals surface area contributed by atoms with Crippen molar-refractivity contribution in [3.63, 3.8) is 0 Å². The van der Waals surface area contributed by atoms with Gasteiger partial charge in [0, 0.05) is 24.3 Å². The van der Waals surface area contributed by atoms with E-state index in [2.05, 4.69) is 20.0 Å². The average Bonchev–Trinajstić information content (AvgIpc) is 3.42. The summed E-state index contributed by atoms with van der Waals surface area (Å²) in [5.74, 6) is 1.33. The third kappa shape index (κ3) is 2.93. The van der Waals surface area contributed by atoms with Crippen LogP contribution < -0.4 is 5.32 Å². The zero-order valence-electron chi connectivity index (χ0n) is 14.9. The Bertz CT molecular complexity index is 877. The lowest BCUT2D eigenvalue weighted by atomic mass is 9.82. The first-order valence-corrected chi connectivity index (χ1v) is 9.46. The first-order chi connectivity index (χ1) is 13.4. The molecule has 3 aliphatic rings. The van der Waals surface area contributed by atoms with Crippen molar-refractivity contribution >= 4 is 11.7 Å². The Balaban J connectivity index is 1.23. The van der Waals surface area contributed by atoms with Gasteiger partial charge in [-0.25, -0.2) is 4.79 Å². The highest BCUT2D eigenvalue weighted by Crippen LogP contribution is 2.55. The van der Waals surface area contributed by atoms with E-state index < -0.39 is 12.1 Å². The van der Waals surface area contributed by atoms with Crippen LogP contribution in [0, 0.1) is 23.7 Å². The normalized spacial score (nSPS) is 28.6. The molecule has 2 saturated carbocycles. The fourth-order valence-electron chi connectivity index (χ4n) is 5.21. The van der Waals surface area contributed by atoms with Crippen LogP contribution in [0.2, 0.25) is 0 Å². The molecule has 1 aromatic carbocycles. The number of aromatic nitrogens is 2. The second-order valence-electron chi connectivity index (χ2n) is 7.99. The molecule has 1 N–H and O–H groups in total. The van der Waals surface area contributed by atoms with E-state index in [9.17, 15) is 18.0 Å². The molecule has 1 saturated heterocycles.